The molecule has 1 aliphatic rings. The molecule has 0 atom stereocenters. The van der Waals surface area contributed by atoms with Crippen LogP contribution in [0.5, 0.6) is 0 Å². The largest absolute Gasteiger partial charge is 0.293 e. The summed E-state index contributed by atoms with van der Waals surface area (Å²) in [4.78, 5) is 12.1. The molecule has 1 aromatic carbocycles. The van der Waals surface area contributed by atoms with E-state index in [1.807, 2.05) is 35.0 Å². The second-order valence-electron chi connectivity index (χ2n) is 4.92. The topological polar surface area (TPSA) is 60.7 Å². The molecule has 3 rings (SSSR count). The summed E-state index contributed by atoms with van der Waals surface area (Å²) in [5.41, 5.74) is 0.736. The minimum absolute atomic E-state index is 0.108. The van der Waals surface area contributed by atoms with Gasteiger partial charge in [0, 0.05) is 5.56 Å². The van der Waals surface area contributed by atoms with Crippen molar-refractivity contribution in [1.82, 2.24) is 20.2 Å². The van der Waals surface area contributed by atoms with Gasteiger partial charge >= 0.3 is 0 Å². The first-order valence-corrected chi connectivity index (χ1v) is 7.82. The number of ketones is 1. The van der Waals surface area contributed by atoms with Crippen LogP contribution in [0.15, 0.2) is 35.5 Å². The first-order chi connectivity index (χ1) is 9.84. The van der Waals surface area contributed by atoms with Gasteiger partial charge in [-0.3, -0.25) is 4.79 Å². The van der Waals surface area contributed by atoms with Crippen molar-refractivity contribution < 1.29 is 4.79 Å². The Kier molecular flexibility index (Phi) is 4.11. The molecule has 0 aliphatic heterocycles. The normalized spacial score (nSPS) is 15.6. The van der Waals surface area contributed by atoms with Crippen molar-refractivity contribution in [3.8, 4) is 0 Å². The highest BCUT2D eigenvalue weighted by Crippen LogP contribution is 2.31. The Morgan fingerprint density at radius 2 is 2.00 bits per heavy atom. The number of nitrogens with zero attached hydrogens (tertiary/aromatic N) is 4. The predicted octanol–water partition coefficient (Wildman–Crippen LogP) is 2.76. The maximum Gasteiger partial charge on any atom is 0.210 e. The zero-order valence-electron chi connectivity index (χ0n) is 11.1. The van der Waals surface area contributed by atoms with Crippen molar-refractivity contribution in [1.29, 1.82) is 0 Å². The Morgan fingerprint density at radius 1 is 1.25 bits per heavy atom. The summed E-state index contributed by atoms with van der Waals surface area (Å²) in [5, 5.41) is 12.6. The fourth-order valence-corrected chi connectivity index (χ4v) is 3.33. The van der Waals surface area contributed by atoms with Crippen LogP contribution in [-0.4, -0.2) is 31.7 Å². The smallest absolute Gasteiger partial charge is 0.210 e. The minimum Gasteiger partial charge on any atom is -0.293 e. The van der Waals surface area contributed by atoms with E-state index in [0.29, 0.717) is 11.8 Å². The summed E-state index contributed by atoms with van der Waals surface area (Å²) in [6.45, 7) is 0. The standard InChI is InChI=1S/C14H16N4OS/c19-13(11-6-2-1-3-7-11)10-20-14-15-16-17-18(14)12-8-4-5-9-12/h1-3,6-7,12H,4-5,8-10H2. The van der Waals surface area contributed by atoms with Gasteiger partial charge in [-0.15, -0.1) is 5.10 Å². The molecule has 20 heavy (non-hydrogen) atoms. The van der Waals surface area contributed by atoms with Gasteiger partial charge in [0.2, 0.25) is 5.16 Å². The Balaban J connectivity index is 1.64. The van der Waals surface area contributed by atoms with Gasteiger partial charge in [0.05, 0.1) is 11.8 Å². The van der Waals surface area contributed by atoms with E-state index in [-0.39, 0.29) is 5.78 Å². The second-order valence-corrected chi connectivity index (χ2v) is 5.86. The molecule has 104 valence electrons. The van der Waals surface area contributed by atoms with Gasteiger partial charge in [-0.05, 0) is 23.3 Å². The summed E-state index contributed by atoms with van der Waals surface area (Å²) >= 11 is 1.42. The van der Waals surface area contributed by atoms with Crippen molar-refractivity contribution in [2.45, 2.75) is 36.9 Å². The van der Waals surface area contributed by atoms with Crippen LogP contribution in [0.1, 0.15) is 42.1 Å². The third-order valence-electron chi connectivity index (χ3n) is 3.56. The van der Waals surface area contributed by atoms with Gasteiger partial charge in [0.1, 0.15) is 0 Å². The quantitative estimate of drug-likeness (QED) is 0.625. The number of carbonyl (C=O) groups is 1. The van der Waals surface area contributed by atoms with Gasteiger partial charge in [-0.25, -0.2) is 4.68 Å². The van der Waals surface area contributed by atoms with Crippen LogP contribution in [0.4, 0.5) is 0 Å². The number of hydrogen-bond donors (Lipinski definition) is 0. The lowest BCUT2D eigenvalue weighted by Gasteiger charge is -2.10. The minimum atomic E-state index is 0.108. The van der Waals surface area contributed by atoms with Crippen molar-refractivity contribution in [3.05, 3.63) is 35.9 Å². The van der Waals surface area contributed by atoms with E-state index < -0.39 is 0 Å². The summed E-state index contributed by atoms with van der Waals surface area (Å²) in [6.07, 6.45) is 4.73. The highest BCUT2D eigenvalue weighted by atomic mass is 32.2. The van der Waals surface area contributed by atoms with Crippen LogP contribution in [-0.2, 0) is 0 Å². The molecule has 0 N–H and O–H groups in total. The summed E-state index contributed by atoms with van der Waals surface area (Å²) in [5.74, 6) is 0.480. The van der Waals surface area contributed by atoms with Gasteiger partial charge < -0.3 is 0 Å². The molecule has 0 saturated heterocycles. The molecule has 2 aromatic rings. The lowest BCUT2D eigenvalue weighted by atomic mass is 10.2. The monoisotopic (exact) mass is 288 g/mol. The van der Waals surface area contributed by atoms with Gasteiger partial charge in [0.15, 0.2) is 5.78 Å². The lowest BCUT2D eigenvalue weighted by molar-refractivity contribution is 0.102. The van der Waals surface area contributed by atoms with E-state index >= 15 is 0 Å². The highest BCUT2D eigenvalue weighted by molar-refractivity contribution is 7.99. The van der Waals surface area contributed by atoms with Crippen LogP contribution in [0.2, 0.25) is 0 Å². The molecule has 0 spiro atoms. The number of Topliss-reactive ketones (excluding diaryl/α,β-unsaturated/α-hetero) is 1. The van der Waals surface area contributed by atoms with Gasteiger partial charge in [-0.2, -0.15) is 0 Å². The van der Waals surface area contributed by atoms with Gasteiger partial charge in [0.25, 0.3) is 0 Å². The van der Waals surface area contributed by atoms with E-state index in [1.54, 1.807) is 0 Å². The second kappa shape index (κ2) is 6.17. The average molecular weight is 288 g/mol. The van der Waals surface area contributed by atoms with Crippen LogP contribution in [0.25, 0.3) is 0 Å². The maximum absolute atomic E-state index is 12.1. The fraction of sp³-hybridized carbons (Fsp3) is 0.429. The van der Waals surface area contributed by atoms with Crippen molar-refractivity contribution in [2.24, 2.45) is 0 Å². The Morgan fingerprint density at radius 3 is 2.75 bits per heavy atom. The molecule has 1 aliphatic carbocycles. The zero-order valence-corrected chi connectivity index (χ0v) is 11.9. The Hall–Kier alpha value is -1.69. The molecule has 0 amide bonds. The first kappa shape index (κ1) is 13.3. The maximum atomic E-state index is 12.1. The van der Waals surface area contributed by atoms with Crippen LogP contribution < -0.4 is 0 Å². The molecule has 0 unspecified atom stereocenters. The van der Waals surface area contributed by atoms with E-state index in [9.17, 15) is 4.79 Å². The third-order valence-corrected chi connectivity index (χ3v) is 4.49. The zero-order chi connectivity index (χ0) is 13.8. The molecule has 1 saturated carbocycles. The van der Waals surface area contributed by atoms with E-state index in [4.69, 9.17) is 0 Å². The molecular weight excluding hydrogens is 272 g/mol. The van der Waals surface area contributed by atoms with Crippen molar-refractivity contribution in [2.75, 3.05) is 5.75 Å². The molecule has 1 aromatic heterocycles. The number of thioether (sulfide) groups is 1. The Bertz CT molecular complexity index is 578. The third kappa shape index (κ3) is 2.90. The number of aromatic nitrogens is 4. The molecule has 0 radical (unpaired) electrons. The predicted molar refractivity (Wildman–Crippen MR) is 76.8 cm³/mol. The van der Waals surface area contributed by atoms with Crippen molar-refractivity contribution >= 4 is 17.5 Å². The lowest BCUT2D eigenvalue weighted by Crippen LogP contribution is -2.10. The number of benzene rings is 1. The summed E-state index contributed by atoms with van der Waals surface area (Å²) in [6, 6.07) is 9.73. The van der Waals surface area contributed by atoms with Crippen LogP contribution in [0, 0.1) is 0 Å². The first-order valence-electron chi connectivity index (χ1n) is 6.83. The van der Waals surface area contributed by atoms with Crippen molar-refractivity contribution in [3.63, 3.8) is 0 Å². The molecule has 1 fully saturated rings. The van der Waals surface area contributed by atoms with E-state index in [0.717, 1.165) is 23.6 Å². The molecule has 6 heteroatoms. The van der Waals surface area contributed by atoms with Crippen LogP contribution in [0.3, 0.4) is 0 Å². The fourth-order valence-electron chi connectivity index (χ4n) is 2.50. The Labute approximate surface area is 121 Å². The van der Waals surface area contributed by atoms with Crippen LogP contribution >= 0.6 is 11.8 Å². The number of tetrazole rings is 1. The highest BCUT2D eigenvalue weighted by Gasteiger charge is 2.22. The van der Waals surface area contributed by atoms with E-state index in [2.05, 4.69) is 15.5 Å². The summed E-state index contributed by atoms with van der Waals surface area (Å²) in [7, 11) is 0. The average Bonchev–Trinajstić information content (AvgIpc) is 3.16. The van der Waals surface area contributed by atoms with Gasteiger partial charge in [-0.1, -0.05) is 54.9 Å². The molecular formula is C14H16N4OS. The molecule has 5 nitrogen and oxygen atoms in total. The number of hydrogen-bond acceptors (Lipinski definition) is 5. The number of carbonyl (C=O) groups excluding carboxylic acids is 1. The molecule has 1 heterocycles. The number of rotatable bonds is 5. The van der Waals surface area contributed by atoms with E-state index in [1.165, 1.54) is 24.6 Å². The molecule has 0 bridgehead atoms. The SMILES string of the molecule is O=C(CSc1nnnn1C1CCCC1)c1ccccc1. The summed E-state index contributed by atoms with van der Waals surface area (Å²) < 4.78 is 1.88.